The van der Waals surface area contributed by atoms with Crippen molar-refractivity contribution in [1.29, 1.82) is 0 Å². The van der Waals surface area contributed by atoms with Crippen molar-refractivity contribution < 1.29 is 18.7 Å². The summed E-state index contributed by atoms with van der Waals surface area (Å²) in [4.78, 5) is 14.7. The van der Waals surface area contributed by atoms with Gasteiger partial charge in [-0.15, -0.1) is 0 Å². The van der Waals surface area contributed by atoms with Crippen LogP contribution in [0, 0.1) is 5.82 Å². The summed E-state index contributed by atoms with van der Waals surface area (Å²) in [5.74, 6) is -1.12. The van der Waals surface area contributed by atoms with Gasteiger partial charge in [-0.05, 0) is 25.2 Å². The van der Waals surface area contributed by atoms with Gasteiger partial charge in [-0.2, -0.15) is 4.99 Å². The predicted octanol–water partition coefficient (Wildman–Crippen LogP) is 3.15. The Balaban J connectivity index is 3.05. The van der Waals surface area contributed by atoms with Gasteiger partial charge in [0, 0.05) is 6.07 Å². The lowest BCUT2D eigenvalue weighted by Gasteiger charge is -2.14. The third-order valence-electron chi connectivity index (χ3n) is 2.00. The van der Waals surface area contributed by atoms with Crippen LogP contribution in [0.4, 0.5) is 10.1 Å². The molecule has 0 aromatic heterocycles. The van der Waals surface area contributed by atoms with Gasteiger partial charge in [-0.25, -0.2) is 9.18 Å². The summed E-state index contributed by atoms with van der Waals surface area (Å²) in [6.07, 6.45) is -0.873. The second-order valence-corrected chi connectivity index (χ2v) is 3.81. The summed E-state index contributed by atoms with van der Waals surface area (Å²) in [5.41, 5.74) is -0.0681. The molecule has 96 valence electrons. The molecular formula is C11H9ClFNO3S. The van der Waals surface area contributed by atoms with Crippen LogP contribution in [0.2, 0.25) is 5.02 Å². The van der Waals surface area contributed by atoms with Gasteiger partial charge in [0.15, 0.2) is 11.9 Å². The number of ether oxygens (including phenoxy) is 2. The average molecular weight is 290 g/mol. The molecule has 18 heavy (non-hydrogen) atoms. The molecule has 4 nitrogen and oxygen atoms in total. The van der Waals surface area contributed by atoms with E-state index in [0.717, 1.165) is 6.07 Å². The van der Waals surface area contributed by atoms with Gasteiger partial charge in [0.1, 0.15) is 11.4 Å². The zero-order chi connectivity index (χ0) is 13.7. The van der Waals surface area contributed by atoms with Gasteiger partial charge >= 0.3 is 5.97 Å². The number of hydrogen-bond acceptors (Lipinski definition) is 5. The fourth-order valence-corrected chi connectivity index (χ4v) is 1.44. The first-order valence-electron chi connectivity index (χ1n) is 4.81. The van der Waals surface area contributed by atoms with Crippen molar-refractivity contribution >= 4 is 40.6 Å². The van der Waals surface area contributed by atoms with Crippen LogP contribution in [0.3, 0.4) is 0 Å². The smallest absolute Gasteiger partial charge is 0.346 e. The van der Waals surface area contributed by atoms with E-state index in [2.05, 4.69) is 21.9 Å². The van der Waals surface area contributed by atoms with Crippen molar-refractivity contribution in [2.24, 2.45) is 4.99 Å². The lowest BCUT2D eigenvalue weighted by Crippen LogP contribution is -2.25. The maximum Gasteiger partial charge on any atom is 0.346 e. The van der Waals surface area contributed by atoms with Crippen molar-refractivity contribution in [2.75, 3.05) is 7.11 Å². The minimum Gasteiger partial charge on any atom is -0.477 e. The monoisotopic (exact) mass is 289 g/mol. The van der Waals surface area contributed by atoms with Crippen LogP contribution in [0.15, 0.2) is 17.1 Å². The van der Waals surface area contributed by atoms with Crippen molar-refractivity contribution in [3.05, 3.63) is 23.0 Å². The number of benzene rings is 1. The Bertz CT molecular complexity index is 517. The van der Waals surface area contributed by atoms with E-state index >= 15 is 0 Å². The minimum absolute atomic E-state index is 0.0200. The largest absolute Gasteiger partial charge is 0.477 e. The zero-order valence-corrected chi connectivity index (χ0v) is 11.1. The number of hydrogen-bond donors (Lipinski definition) is 0. The van der Waals surface area contributed by atoms with Crippen LogP contribution in [0.5, 0.6) is 5.75 Å². The number of isothiocyanates is 1. The summed E-state index contributed by atoms with van der Waals surface area (Å²) < 4.78 is 23.1. The van der Waals surface area contributed by atoms with Gasteiger partial charge in [0.05, 0.1) is 17.3 Å². The molecule has 0 amide bonds. The molecule has 0 aliphatic rings. The molecule has 0 saturated carbocycles. The molecule has 0 spiro atoms. The normalized spacial score (nSPS) is 11.3. The Labute approximate surface area is 113 Å². The first kappa shape index (κ1) is 14.6. The molecule has 0 N–H and O–H groups in total. The molecule has 0 bridgehead atoms. The minimum atomic E-state index is -0.873. The van der Waals surface area contributed by atoms with Crippen molar-refractivity contribution in [2.45, 2.75) is 13.0 Å². The highest BCUT2D eigenvalue weighted by Crippen LogP contribution is 2.32. The lowest BCUT2D eigenvalue weighted by atomic mass is 10.3. The molecule has 1 rings (SSSR count). The first-order chi connectivity index (χ1) is 8.49. The first-order valence-corrected chi connectivity index (χ1v) is 5.59. The molecule has 0 aliphatic carbocycles. The van der Waals surface area contributed by atoms with E-state index in [9.17, 15) is 9.18 Å². The molecule has 0 heterocycles. The number of carbonyl (C=O) groups excluding carboxylic acids is 1. The average Bonchev–Trinajstić information content (AvgIpc) is 2.34. The van der Waals surface area contributed by atoms with E-state index < -0.39 is 17.9 Å². The number of halogens is 2. The molecule has 0 fully saturated rings. The SMILES string of the molecule is COC(=O)C(C)Oc1cc(N=C=S)c(F)cc1Cl. The van der Waals surface area contributed by atoms with E-state index in [1.54, 1.807) is 0 Å². The Morgan fingerprint density at radius 3 is 2.83 bits per heavy atom. The van der Waals surface area contributed by atoms with E-state index in [1.165, 1.54) is 20.1 Å². The van der Waals surface area contributed by atoms with Crippen LogP contribution in [-0.2, 0) is 9.53 Å². The Hall–Kier alpha value is -1.49. The van der Waals surface area contributed by atoms with Crippen LogP contribution in [0.1, 0.15) is 6.92 Å². The van der Waals surface area contributed by atoms with Gasteiger partial charge in [-0.1, -0.05) is 11.6 Å². The number of rotatable bonds is 4. The summed E-state index contributed by atoms with van der Waals surface area (Å²) in [7, 11) is 1.23. The second-order valence-electron chi connectivity index (χ2n) is 3.22. The molecule has 0 aliphatic heterocycles. The molecule has 7 heteroatoms. The summed E-state index contributed by atoms with van der Waals surface area (Å²) >= 11 is 10.2. The van der Waals surface area contributed by atoms with E-state index in [-0.39, 0.29) is 16.5 Å². The van der Waals surface area contributed by atoms with Gasteiger partial charge in [0.2, 0.25) is 0 Å². The Kier molecular flexibility index (Phi) is 5.22. The Morgan fingerprint density at radius 1 is 1.61 bits per heavy atom. The van der Waals surface area contributed by atoms with Crippen LogP contribution in [0.25, 0.3) is 0 Å². The van der Waals surface area contributed by atoms with E-state index in [1.807, 2.05) is 5.16 Å². The topological polar surface area (TPSA) is 47.9 Å². The van der Waals surface area contributed by atoms with Gasteiger partial charge < -0.3 is 9.47 Å². The van der Waals surface area contributed by atoms with Crippen molar-refractivity contribution in [3.63, 3.8) is 0 Å². The molecule has 1 atom stereocenters. The summed E-state index contributed by atoms with van der Waals surface area (Å²) in [5, 5.41) is 2.06. The summed E-state index contributed by atoms with van der Waals surface area (Å²) in [6, 6.07) is 2.25. The van der Waals surface area contributed by atoms with E-state index in [4.69, 9.17) is 16.3 Å². The highest BCUT2D eigenvalue weighted by atomic mass is 35.5. The number of methoxy groups -OCH3 is 1. The van der Waals surface area contributed by atoms with Crippen LogP contribution >= 0.6 is 23.8 Å². The number of aliphatic imine (C=N–C) groups is 1. The highest BCUT2D eigenvalue weighted by molar-refractivity contribution is 7.78. The molecule has 0 saturated heterocycles. The predicted molar refractivity (Wildman–Crippen MR) is 68.2 cm³/mol. The van der Waals surface area contributed by atoms with Gasteiger partial charge in [-0.3, -0.25) is 0 Å². The maximum absolute atomic E-state index is 13.4. The van der Waals surface area contributed by atoms with Gasteiger partial charge in [0.25, 0.3) is 0 Å². The van der Waals surface area contributed by atoms with Crippen molar-refractivity contribution in [1.82, 2.24) is 0 Å². The summed E-state index contributed by atoms with van der Waals surface area (Å²) in [6.45, 7) is 1.48. The number of nitrogens with zero attached hydrogens (tertiary/aromatic N) is 1. The van der Waals surface area contributed by atoms with E-state index in [0.29, 0.717) is 0 Å². The van der Waals surface area contributed by atoms with Crippen LogP contribution in [-0.4, -0.2) is 24.3 Å². The Morgan fingerprint density at radius 2 is 2.28 bits per heavy atom. The lowest BCUT2D eigenvalue weighted by molar-refractivity contribution is -0.147. The number of carbonyl (C=O) groups is 1. The quantitative estimate of drug-likeness (QED) is 0.485. The highest BCUT2D eigenvalue weighted by Gasteiger charge is 2.18. The number of thiocarbonyl (C=S) groups is 1. The molecule has 0 radical (unpaired) electrons. The standard InChI is InChI=1S/C11H9ClFNO3S/c1-6(11(15)16-2)17-10-4-9(14-5-18)8(13)3-7(10)12/h3-4,6H,1-2H3. The van der Waals surface area contributed by atoms with Crippen molar-refractivity contribution in [3.8, 4) is 5.75 Å². The molecule has 1 unspecified atom stereocenters. The third-order valence-corrected chi connectivity index (χ3v) is 2.39. The third kappa shape index (κ3) is 3.50. The number of esters is 1. The fraction of sp³-hybridized carbons (Fsp3) is 0.273. The maximum atomic E-state index is 13.4. The van der Waals surface area contributed by atoms with Crippen LogP contribution < -0.4 is 4.74 Å². The second kappa shape index (κ2) is 6.44. The molecular weight excluding hydrogens is 281 g/mol. The molecule has 1 aromatic rings. The zero-order valence-electron chi connectivity index (χ0n) is 9.57. The fourth-order valence-electron chi connectivity index (χ4n) is 1.15. The molecule has 1 aromatic carbocycles.